The summed E-state index contributed by atoms with van der Waals surface area (Å²) in [6.07, 6.45) is 3.96. The molecule has 0 aliphatic carbocycles. The fraction of sp³-hybridized carbons (Fsp3) is 0.500. The van der Waals surface area contributed by atoms with E-state index in [2.05, 4.69) is 4.98 Å². The standard InChI is InChI=1S/C20H26N2O5S/c1-2-3-9-22(16-8-10-28(25,26)14-16)19(23)13-27-20(24)11-15-12-21-18-7-5-4-6-17(15)18/h4-7,12,16,21H,2-3,8-11,13-14H2,1H3/t16-/m1/s1. The molecular formula is C20H26N2O5S. The average molecular weight is 407 g/mol. The van der Waals surface area contributed by atoms with Crippen LogP contribution in [0.4, 0.5) is 0 Å². The van der Waals surface area contributed by atoms with Crippen molar-refractivity contribution in [1.82, 2.24) is 9.88 Å². The molecule has 28 heavy (non-hydrogen) atoms. The van der Waals surface area contributed by atoms with E-state index in [1.807, 2.05) is 31.2 Å². The number of ether oxygens (including phenoxy) is 1. The fourth-order valence-corrected chi connectivity index (χ4v) is 5.30. The molecule has 1 atom stereocenters. The molecule has 2 aromatic rings. The number of hydrogen-bond donors (Lipinski definition) is 1. The molecule has 8 heteroatoms. The molecule has 2 heterocycles. The number of esters is 1. The third-order valence-corrected chi connectivity index (χ3v) is 6.84. The highest BCUT2D eigenvalue weighted by molar-refractivity contribution is 7.91. The van der Waals surface area contributed by atoms with Gasteiger partial charge in [0.25, 0.3) is 5.91 Å². The fourth-order valence-electron chi connectivity index (χ4n) is 3.57. The van der Waals surface area contributed by atoms with Gasteiger partial charge in [-0.25, -0.2) is 8.42 Å². The van der Waals surface area contributed by atoms with Crippen LogP contribution in [-0.2, 0) is 30.6 Å². The number of carbonyl (C=O) groups excluding carboxylic acids is 2. The van der Waals surface area contributed by atoms with Crippen molar-refractivity contribution in [2.24, 2.45) is 0 Å². The normalized spacial score (nSPS) is 18.2. The van der Waals surface area contributed by atoms with Crippen molar-refractivity contribution in [2.45, 2.75) is 38.6 Å². The van der Waals surface area contributed by atoms with Gasteiger partial charge in [-0.1, -0.05) is 31.5 Å². The van der Waals surface area contributed by atoms with Crippen molar-refractivity contribution in [3.8, 4) is 0 Å². The van der Waals surface area contributed by atoms with Gasteiger partial charge in [0, 0.05) is 29.7 Å². The Hall–Kier alpha value is -2.35. The van der Waals surface area contributed by atoms with Gasteiger partial charge in [0.1, 0.15) is 0 Å². The van der Waals surface area contributed by atoms with Crippen LogP contribution in [0.2, 0.25) is 0 Å². The molecule has 0 bridgehead atoms. The number of nitrogens with one attached hydrogen (secondary N) is 1. The highest BCUT2D eigenvalue weighted by atomic mass is 32.2. The van der Waals surface area contributed by atoms with Gasteiger partial charge in [-0.05, 0) is 24.5 Å². The number of unbranched alkanes of at least 4 members (excludes halogenated alkanes) is 1. The predicted molar refractivity (Wildman–Crippen MR) is 107 cm³/mol. The molecule has 1 saturated heterocycles. The lowest BCUT2D eigenvalue weighted by atomic mass is 10.1. The van der Waals surface area contributed by atoms with Gasteiger partial charge in [-0.3, -0.25) is 9.59 Å². The zero-order valence-electron chi connectivity index (χ0n) is 16.0. The van der Waals surface area contributed by atoms with Gasteiger partial charge >= 0.3 is 5.97 Å². The molecule has 1 fully saturated rings. The number of benzene rings is 1. The second kappa shape index (κ2) is 8.77. The van der Waals surface area contributed by atoms with Crippen molar-refractivity contribution < 1.29 is 22.7 Å². The number of aromatic nitrogens is 1. The topological polar surface area (TPSA) is 96.5 Å². The zero-order chi connectivity index (χ0) is 20.1. The number of rotatable bonds is 8. The molecular weight excluding hydrogens is 380 g/mol. The number of fused-ring (bicyclic) bond motifs is 1. The molecule has 3 rings (SSSR count). The maximum Gasteiger partial charge on any atom is 0.310 e. The summed E-state index contributed by atoms with van der Waals surface area (Å²) in [7, 11) is -3.09. The lowest BCUT2D eigenvalue weighted by Gasteiger charge is -2.28. The van der Waals surface area contributed by atoms with Crippen molar-refractivity contribution in [3.05, 3.63) is 36.0 Å². The first-order valence-corrected chi connectivity index (χ1v) is 11.4. The van der Waals surface area contributed by atoms with Crippen molar-refractivity contribution in [3.63, 3.8) is 0 Å². The number of amides is 1. The zero-order valence-corrected chi connectivity index (χ0v) is 16.8. The lowest BCUT2D eigenvalue weighted by Crippen LogP contribution is -2.44. The summed E-state index contributed by atoms with van der Waals surface area (Å²) < 4.78 is 28.7. The summed E-state index contributed by atoms with van der Waals surface area (Å²) in [6.45, 7) is 2.13. The van der Waals surface area contributed by atoms with Crippen LogP contribution < -0.4 is 0 Å². The highest BCUT2D eigenvalue weighted by Crippen LogP contribution is 2.20. The SMILES string of the molecule is CCCCN(C(=O)COC(=O)Cc1c[nH]c2ccccc12)[C@@H]1CCS(=O)(=O)C1. The number of carbonyl (C=O) groups is 2. The Morgan fingerprint density at radius 3 is 2.79 bits per heavy atom. The number of para-hydroxylation sites is 1. The predicted octanol–water partition coefficient (Wildman–Crippen LogP) is 2.07. The molecule has 7 nitrogen and oxygen atoms in total. The number of nitrogens with zero attached hydrogens (tertiary/aromatic N) is 1. The maximum atomic E-state index is 12.6. The largest absolute Gasteiger partial charge is 0.455 e. The second-order valence-corrected chi connectivity index (χ2v) is 9.42. The molecule has 1 aliphatic heterocycles. The Balaban J connectivity index is 1.58. The molecule has 0 spiro atoms. The molecule has 0 saturated carbocycles. The van der Waals surface area contributed by atoms with Gasteiger partial charge in [0.05, 0.1) is 17.9 Å². The van der Waals surface area contributed by atoms with Gasteiger partial charge < -0.3 is 14.6 Å². The summed E-state index contributed by atoms with van der Waals surface area (Å²) in [4.78, 5) is 29.5. The first-order valence-electron chi connectivity index (χ1n) is 9.60. The summed E-state index contributed by atoms with van der Waals surface area (Å²) >= 11 is 0. The van der Waals surface area contributed by atoms with Crippen LogP contribution in [-0.4, -0.2) is 60.9 Å². The van der Waals surface area contributed by atoms with Crippen LogP contribution in [0.5, 0.6) is 0 Å². The van der Waals surface area contributed by atoms with Crippen molar-refractivity contribution in [2.75, 3.05) is 24.7 Å². The maximum absolute atomic E-state index is 12.6. The smallest absolute Gasteiger partial charge is 0.310 e. The minimum Gasteiger partial charge on any atom is -0.455 e. The van der Waals surface area contributed by atoms with Crippen LogP contribution in [0, 0.1) is 0 Å². The molecule has 152 valence electrons. The minimum atomic E-state index is -3.09. The van der Waals surface area contributed by atoms with E-state index in [9.17, 15) is 18.0 Å². The van der Waals surface area contributed by atoms with Crippen LogP contribution in [0.1, 0.15) is 31.7 Å². The number of hydrogen-bond acceptors (Lipinski definition) is 5. The number of sulfone groups is 1. The van der Waals surface area contributed by atoms with Crippen LogP contribution in [0.3, 0.4) is 0 Å². The third kappa shape index (κ3) is 4.92. The van der Waals surface area contributed by atoms with Crippen LogP contribution in [0.25, 0.3) is 10.9 Å². The van der Waals surface area contributed by atoms with E-state index in [0.717, 1.165) is 29.3 Å². The van der Waals surface area contributed by atoms with E-state index in [4.69, 9.17) is 4.74 Å². The molecule has 1 amide bonds. The summed E-state index contributed by atoms with van der Waals surface area (Å²) in [6, 6.07) is 7.34. The Bertz CT molecular complexity index is 950. The van der Waals surface area contributed by atoms with Gasteiger partial charge in [-0.15, -0.1) is 0 Å². The number of H-pyrrole nitrogens is 1. The minimum absolute atomic E-state index is 0.00819. The Morgan fingerprint density at radius 1 is 1.29 bits per heavy atom. The van der Waals surface area contributed by atoms with Gasteiger partial charge in [0.15, 0.2) is 16.4 Å². The third-order valence-electron chi connectivity index (χ3n) is 5.09. The van der Waals surface area contributed by atoms with E-state index in [1.165, 1.54) is 0 Å². The van der Waals surface area contributed by atoms with Crippen LogP contribution in [0.15, 0.2) is 30.5 Å². The monoisotopic (exact) mass is 406 g/mol. The summed E-state index contributed by atoms with van der Waals surface area (Å²) in [5, 5.41) is 0.950. The first-order chi connectivity index (χ1) is 13.4. The molecule has 0 unspecified atom stereocenters. The quantitative estimate of drug-likeness (QED) is 0.677. The molecule has 0 radical (unpaired) electrons. The highest BCUT2D eigenvalue weighted by Gasteiger charge is 2.34. The van der Waals surface area contributed by atoms with Crippen LogP contribution >= 0.6 is 0 Å². The van der Waals surface area contributed by atoms with E-state index < -0.39 is 15.8 Å². The molecule has 1 aromatic carbocycles. The Kier molecular flexibility index (Phi) is 6.39. The summed E-state index contributed by atoms with van der Waals surface area (Å²) in [5.41, 5.74) is 1.76. The van der Waals surface area contributed by atoms with Gasteiger partial charge in [0.2, 0.25) is 0 Å². The molecule has 1 aliphatic rings. The van der Waals surface area contributed by atoms with Gasteiger partial charge in [-0.2, -0.15) is 0 Å². The van der Waals surface area contributed by atoms with Crippen molar-refractivity contribution in [1.29, 1.82) is 0 Å². The summed E-state index contributed by atoms with van der Waals surface area (Å²) in [5.74, 6) is -0.713. The van der Waals surface area contributed by atoms with E-state index in [1.54, 1.807) is 11.1 Å². The van der Waals surface area contributed by atoms with E-state index in [0.29, 0.717) is 13.0 Å². The molecule has 1 aromatic heterocycles. The first kappa shape index (κ1) is 20.4. The molecule has 1 N–H and O–H groups in total. The number of aromatic amines is 1. The Labute approximate surface area is 165 Å². The second-order valence-electron chi connectivity index (χ2n) is 7.19. The van der Waals surface area contributed by atoms with Crippen molar-refractivity contribution >= 4 is 32.6 Å². The van der Waals surface area contributed by atoms with E-state index >= 15 is 0 Å². The Morgan fingerprint density at radius 2 is 2.07 bits per heavy atom. The lowest BCUT2D eigenvalue weighted by molar-refractivity contribution is -0.152. The van der Waals surface area contributed by atoms with E-state index in [-0.39, 0.29) is 36.5 Å². The average Bonchev–Trinajstić information content (AvgIpc) is 3.23.